The second-order valence-corrected chi connectivity index (χ2v) is 8.92. The minimum atomic E-state index is -0.0433. The van der Waals surface area contributed by atoms with Crippen LogP contribution in [0.25, 0.3) is 0 Å². The summed E-state index contributed by atoms with van der Waals surface area (Å²) in [6, 6.07) is 19.8. The van der Waals surface area contributed by atoms with Crippen LogP contribution >= 0.6 is 0 Å². The smallest absolute Gasteiger partial charge is 0.281 e. The maximum absolute atomic E-state index is 12.5. The molecule has 1 radical (unpaired) electrons. The normalized spacial score (nSPS) is 16.7. The van der Waals surface area contributed by atoms with Crippen LogP contribution in [0.2, 0.25) is 0 Å². The molecular weight excluding hydrogens is 448 g/mol. The predicted octanol–water partition coefficient (Wildman–Crippen LogP) is 4.56. The molecule has 2 aromatic carbocycles. The van der Waals surface area contributed by atoms with Gasteiger partial charge in [0.05, 0.1) is 12.1 Å². The molecule has 0 aromatic heterocycles. The van der Waals surface area contributed by atoms with E-state index in [1.54, 1.807) is 0 Å². The van der Waals surface area contributed by atoms with Crippen LogP contribution in [0.4, 0.5) is 0 Å². The van der Waals surface area contributed by atoms with E-state index >= 15 is 0 Å². The third kappa shape index (κ3) is 6.93. The van der Waals surface area contributed by atoms with E-state index < -0.39 is 0 Å². The van der Waals surface area contributed by atoms with Gasteiger partial charge in [0.15, 0.2) is 12.4 Å². The molecule has 2 atom stereocenters. The van der Waals surface area contributed by atoms with E-state index in [4.69, 9.17) is 0 Å². The lowest BCUT2D eigenvalue weighted by Gasteiger charge is -2.21. The Morgan fingerprint density at radius 2 is 1.19 bits per heavy atom. The first-order chi connectivity index (χ1) is 17.5. The Balaban J connectivity index is 1.24. The van der Waals surface area contributed by atoms with Crippen molar-refractivity contribution in [2.75, 3.05) is 13.1 Å². The Bertz CT molecular complexity index is 1080. The number of allylic oxidation sites excluding steroid dienone is 6. The van der Waals surface area contributed by atoms with E-state index in [-0.39, 0.29) is 37.0 Å². The molecule has 0 bridgehead atoms. The zero-order valence-electron chi connectivity index (χ0n) is 20.7. The van der Waals surface area contributed by atoms with Crippen molar-refractivity contribution in [1.82, 2.24) is 20.4 Å². The summed E-state index contributed by atoms with van der Waals surface area (Å²) in [7, 11) is 0. The van der Waals surface area contributed by atoms with Crippen molar-refractivity contribution in [2.24, 2.45) is 0 Å². The summed E-state index contributed by atoms with van der Waals surface area (Å²) in [5.41, 5.74) is 4.24. The van der Waals surface area contributed by atoms with Gasteiger partial charge in [0, 0.05) is 24.6 Å². The third-order valence-electron chi connectivity index (χ3n) is 6.12. The van der Waals surface area contributed by atoms with Crippen LogP contribution in [-0.2, 0) is 9.59 Å². The molecule has 0 aliphatic carbocycles. The summed E-state index contributed by atoms with van der Waals surface area (Å²) >= 11 is 0. The highest BCUT2D eigenvalue weighted by atomic mass is 16.2. The van der Waals surface area contributed by atoms with Crippen molar-refractivity contribution in [3.05, 3.63) is 132 Å². The fraction of sp³-hybridized carbons (Fsp3) is 0.200. The number of nitrogens with zero attached hydrogens (tertiary/aromatic N) is 2. The number of carbonyl (C=O) groups excluding carboxylic acids is 2. The Kier molecular flexibility index (Phi) is 8.32. The molecule has 6 nitrogen and oxygen atoms in total. The number of amides is 2. The molecule has 0 unspecified atom stereocenters. The minimum absolute atomic E-state index is 0.0373. The molecule has 2 aromatic rings. The van der Waals surface area contributed by atoms with Gasteiger partial charge >= 0.3 is 0 Å². The van der Waals surface area contributed by atoms with Crippen LogP contribution in [0.1, 0.15) is 37.1 Å². The first-order valence-electron chi connectivity index (χ1n) is 12.1. The summed E-state index contributed by atoms with van der Waals surface area (Å²) < 4.78 is 0. The topological polar surface area (TPSA) is 67.3 Å². The van der Waals surface area contributed by atoms with E-state index in [2.05, 4.69) is 10.6 Å². The zero-order chi connectivity index (χ0) is 25.3. The second kappa shape index (κ2) is 12.0. The highest BCUT2D eigenvalue weighted by Gasteiger charge is 2.20. The van der Waals surface area contributed by atoms with Crippen molar-refractivity contribution < 1.29 is 9.59 Å². The molecule has 2 aliphatic heterocycles. The Labute approximate surface area is 213 Å². The van der Waals surface area contributed by atoms with Gasteiger partial charge in [-0.1, -0.05) is 60.7 Å². The molecule has 0 saturated heterocycles. The highest BCUT2D eigenvalue weighted by Crippen LogP contribution is 2.19. The summed E-state index contributed by atoms with van der Waals surface area (Å²) in [6.07, 6.45) is 15.6. The van der Waals surface area contributed by atoms with E-state index in [1.807, 2.05) is 133 Å². The molecule has 0 spiro atoms. The highest BCUT2D eigenvalue weighted by molar-refractivity contribution is 5.79. The first-order valence-corrected chi connectivity index (χ1v) is 12.1. The number of carbonyl (C=O) groups is 2. The average molecular weight is 481 g/mol. The van der Waals surface area contributed by atoms with E-state index in [0.717, 1.165) is 22.3 Å². The van der Waals surface area contributed by atoms with Crippen LogP contribution in [0.5, 0.6) is 0 Å². The standard InChI is InChI=1S/C30H32N4O2/c1-23(25-9-5-3-6-10-25)31-29(35)21-33-17-13-27(14-18-33)28-15-19-34(20-16-28)22-30(36)32-24(2)26-11-7-4-8-12-26/h3-20,23-24H,21-22H2,1-2H3,(H,31,35)(H,32,36)/q+1/t23-,24-/m0/s1. The summed E-state index contributed by atoms with van der Waals surface area (Å²) in [6.45, 7) is 4.47. The SMILES string of the molecule is C[C@H](NC(=O)CN1C=CC(=C2C=C[N+](CC(=O)N[C@@H](C)c3ccccc3)C=C2)C=C1)c1ccccc1. The minimum Gasteiger partial charge on any atom is -0.348 e. The largest absolute Gasteiger partial charge is 0.348 e. The van der Waals surface area contributed by atoms with Crippen LogP contribution in [-0.4, -0.2) is 29.8 Å². The molecule has 2 aliphatic rings. The van der Waals surface area contributed by atoms with Gasteiger partial charge in [-0.05, 0) is 48.3 Å². The lowest BCUT2D eigenvalue weighted by molar-refractivity contribution is -0.122. The Morgan fingerprint density at radius 1 is 0.722 bits per heavy atom. The number of hydrogen-bond acceptors (Lipinski definition) is 4. The van der Waals surface area contributed by atoms with Crippen molar-refractivity contribution in [3.8, 4) is 0 Å². The quantitative estimate of drug-likeness (QED) is 0.545. The van der Waals surface area contributed by atoms with Crippen molar-refractivity contribution >= 4 is 11.8 Å². The molecule has 183 valence electrons. The number of hydrogen-bond donors (Lipinski definition) is 2. The van der Waals surface area contributed by atoms with Crippen molar-refractivity contribution in [1.29, 1.82) is 0 Å². The molecule has 36 heavy (non-hydrogen) atoms. The summed E-state index contributed by atoms with van der Waals surface area (Å²) in [5, 5.41) is 6.08. The van der Waals surface area contributed by atoms with Gasteiger partial charge in [0.1, 0.15) is 6.54 Å². The van der Waals surface area contributed by atoms with Crippen LogP contribution in [0.3, 0.4) is 0 Å². The number of rotatable bonds is 8. The van der Waals surface area contributed by atoms with Gasteiger partial charge in [-0.15, -0.1) is 4.90 Å². The fourth-order valence-electron chi connectivity index (χ4n) is 4.07. The molecule has 2 heterocycles. The monoisotopic (exact) mass is 480 g/mol. The Hall–Kier alpha value is -4.16. The van der Waals surface area contributed by atoms with Gasteiger partial charge in [0.2, 0.25) is 12.5 Å². The third-order valence-corrected chi connectivity index (χ3v) is 6.12. The van der Waals surface area contributed by atoms with E-state index in [0.29, 0.717) is 0 Å². The molecule has 2 amide bonds. The van der Waals surface area contributed by atoms with Gasteiger partial charge in [-0.3, -0.25) is 9.59 Å². The average Bonchev–Trinajstić information content (AvgIpc) is 2.90. The van der Waals surface area contributed by atoms with Crippen LogP contribution < -0.4 is 15.5 Å². The second-order valence-electron chi connectivity index (χ2n) is 8.92. The Morgan fingerprint density at radius 3 is 1.72 bits per heavy atom. The van der Waals surface area contributed by atoms with Crippen LogP contribution in [0.15, 0.2) is 121 Å². The van der Waals surface area contributed by atoms with E-state index in [1.165, 1.54) is 0 Å². The first kappa shape index (κ1) is 24.9. The van der Waals surface area contributed by atoms with Gasteiger partial charge < -0.3 is 15.5 Å². The molecule has 6 heteroatoms. The number of nitrogens with one attached hydrogen (secondary N) is 2. The molecular formula is C30H32N4O2+. The van der Waals surface area contributed by atoms with Gasteiger partial charge in [-0.2, -0.15) is 0 Å². The maximum atomic E-state index is 12.5. The zero-order valence-corrected chi connectivity index (χ0v) is 20.7. The summed E-state index contributed by atoms with van der Waals surface area (Å²) in [4.78, 5) is 28.6. The molecule has 2 N–H and O–H groups in total. The van der Waals surface area contributed by atoms with Gasteiger partial charge in [-0.25, -0.2) is 0 Å². The van der Waals surface area contributed by atoms with Crippen molar-refractivity contribution in [2.45, 2.75) is 25.9 Å². The maximum Gasteiger partial charge on any atom is 0.281 e. The lowest BCUT2D eigenvalue weighted by Crippen LogP contribution is -2.36. The van der Waals surface area contributed by atoms with Crippen LogP contribution in [0, 0.1) is 0 Å². The molecule has 4 rings (SSSR count). The van der Waals surface area contributed by atoms with Gasteiger partial charge in [0.25, 0.3) is 5.91 Å². The lowest BCUT2D eigenvalue weighted by atomic mass is 10.0. The predicted molar refractivity (Wildman–Crippen MR) is 143 cm³/mol. The fourth-order valence-corrected chi connectivity index (χ4v) is 4.07. The van der Waals surface area contributed by atoms with E-state index in [9.17, 15) is 9.59 Å². The molecule has 0 fully saturated rings. The van der Waals surface area contributed by atoms with Crippen molar-refractivity contribution in [3.63, 3.8) is 0 Å². The summed E-state index contributed by atoms with van der Waals surface area (Å²) in [5.74, 6) is -0.0746. The number of benzene rings is 2. The molecule has 0 saturated carbocycles.